The molecule has 7 nitrogen and oxygen atoms in total. The molecule has 1 saturated carbocycles. The molecular weight excluding hydrogens is 396 g/mol. The predicted molar refractivity (Wildman–Crippen MR) is 114 cm³/mol. The van der Waals surface area contributed by atoms with Crippen LogP contribution in [0, 0.1) is 23.7 Å². The van der Waals surface area contributed by atoms with E-state index in [1.165, 1.54) is 19.8 Å². The van der Waals surface area contributed by atoms with Gasteiger partial charge in [0, 0.05) is 17.2 Å². The molecule has 0 radical (unpaired) electrons. The molecule has 0 saturated heterocycles. The lowest BCUT2D eigenvalue weighted by atomic mass is 10.1. The number of hydrogen-bond donors (Lipinski definition) is 4. The maximum atomic E-state index is 12.3. The van der Waals surface area contributed by atoms with Crippen molar-refractivity contribution in [2.24, 2.45) is 0 Å². The molecule has 0 aliphatic heterocycles. The Bertz CT molecular complexity index is 1040. The van der Waals surface area contributed by atoms with Crippen molar-refractivity contribution in [3.8, 4) is 23.7 Å². The van der Waals surface area contributed by atoms with Crippen LogP contribution in [-0.2, 0) is 11.3 Å². The fraction of sp³-hybridized carbons (Fsp3) is 0.333. The number of rotatable bonds is 8. The maximum Gasteiger partial charge on any atom is 0.251 e. The monoisotopic (exact) mass is 420 g/mol. The Morgan fingerprint density at radius 2 is 1.84 bits per heavy atom. The molecule has 1 aliphatic rings. The highest BCUT2D eigenvalue weighted by Crippen LogP contribution is 2.19. The zero-order valence-electron chi connectivity index (χ0n) is 17.1. The summed E-state index contributed by atoms with van der Waals surface area (Å²) in [7, 11) is 0. The molecule has 31 heavy (non-hydrogen) atoms. The van der Waals surface area contributed by atoms with Gasteiger partial charge in [0.1, 0.15) is 18.4 Å². The lowest BCUT2D eigenvalue weighted by Crippen LogP contribution is -2.48. The summed E-state index contributed by atoms with van der Waals surface area (Å²) in [5, 5.41) is 24.4. The largest absolute Gasteiger partial charge is 0.451 e. The van der Waals surface area contributed by atoms with Gasteiger partial charge in [-0.25, -0.2) is 0 Å². The third-order valence-electron chi connectivity index (χ3n) is 4.68. The van der Waals surface area contributed by atoms with E-state index in [4.69, 9.17) is 9.52 Å². The first-order valence-corrected chi connectivity index (χ1v) is 10.0. The number of aliphatic hydroxyl groups excluding tert-OH is 2. The van der Waals surface area contributed by atoms with E-state index in [0.717, 1.165) is 5.76 Å². The number of furan rings is 1. The highest BCUT2D eigenvalue weighted by atomic mass is 16.3. The van der Waals surface area contributed by atoms with E-state index in [9.17, 15) is 14.7 Å². The molecule has 1 heterocycles. The third kappa shape index (κ3) is 6.84. The van der Waals surface area contributed by atoms with Gasteiger partial charge < -0.3 is 25.3 Å². The van der Waals surface area contributed by atoms with E-state index < -0.39 is 30.4 Å². The van der Waals surface area contributed by atoms with E-state index >= 15 is 0 Å². The normalized spacial score (nSPS) is 14.4. The molecule has 0 bridgehead atoms. The first kappa shape index (κ1) is 22.3. The topological polar surface area (TPSA) is 112 Å². The van der Waals surface area contributed by atoms with Gasteiger partial charge in [0.05, 0.1) is 12.6 Å². The Morgan fingerprint density at radius 3 is 2.48 bits per heavy atom. The van der Waals surface area contributed by atoms with E-state index in [2.05, 4.69) is 34.3 Å². The standard InChI is InChI=1S/C24H24N2O5/c1-16(28)23(22(29)15-27)26-24(30)18-8-6-17(7-9-18)4-2-3-5-20-12-13-21(31-20)14-25-19-10-11-19/h6-9,12-13,16,19,23,25,27-28H,10-11,14-15H2,1H3,(H,26,30)/t16-,23-/m0/s1. The Hall–Kier alpha value is -3.36. The van der Waals surface area contributed by atoms with Crippen molar-refractivity contribution in [1.29, 1.82) is 0 Å². The average Bonchev–Trinajstić information content (AvgIpc) is 3.50. The predicted octanol–water partition coefficient (Wildman–Crippen LogP) is 0.975. The molecule has 3 rings (SSSR count). The Labute approximate surface area is 180 Å². The molecule has 1 aromatic carbocycles. The summed E-state index contributed by atoms with van der Waals surface area (Å²) in [4.78, 5) is 23.9. The van der Waals surface area contributed by atoms with E-state index in [1.807, 2.05) is 12.1 Å². The summed E-state index contributed by atoms with van der Waals surface area (Å²) in [5.74, 6) is 11.4. The molecule has 1 amide bonds. The fourth-order valence-corrected chi connectivity index (χ4v) is 2.77. The maximum absolute atomic E-state index is 12.3. The first-order chi connectivity index (χ1) is 15.0. The van der Waals surface area contributed by atoms with Crippen LogP contribution in [-0.4, -0.2) is 46.7 Å². The Balaban J connectivity index is 1.55. The molecule has 1 aliphatic carbocycles. The second kappa shape index (κ2) is 10.6. The number of hydrogen-bond acceptors (Lipinski definition) is 6. The van der Waals surface area contributed by atoms with Crippen molar-refractivity contribution >= 4 is 11.7 Å². The number of carbonyl (C=O) groups excluding carboxylic acids is 2. The van der Waals surface area contributed by atoms with Crippen LogP contribution in [0.4, 0.5) is 0 Å². The van der Waals surface area contributed by atoms with Crippen LogP contribution in [0.25, 0.3) is 0 Å². The minimum atomic E-state index is -1.17. The second-order valence-electron chi connectivity index (χ2n) is 7.31. The zero-order chi connectivity index (χ0) is 22.2. The molecule has 1 aromatic heterocycles. The molecular formula is C24H24N2O5. The van der Waals surface area contributed by atoms with Crippen molar-refractivity contribution in [3.05, 3.63) is 59.0 Å². The third-order valence-corrected chi connectivity index (χ3v) is 4.68. The quantitative estimate of drug-likeness (QED) is 0.474. The van der Waals surface area contributed by atoms with Gasteiger partial charge in [0.25, 0.3) is 5.91 Å². The fourth-order valence-electron chi connectivity index (χ4n) is 2.77. The average molecular weight is 420 g/mol. The second-order valence-corrected chi connectivity index (χ2v) is 7.31. The molecule has 160 valence electrons. The summed E-state index contributed by atoms with van der Waals surface area (Å²) in [6.07, 6.45) is 1.33. The summed E-state index contributed by atoms with van der Waals surface area (Å²) in [6, 6.07) is 9.58. The van der Waals surface area contributed by atoms with Crippen molar-refractivity contribution in [1.82, 2.24) is 10.6 Å². The highest BCUT2D eigenvalue weighted by molar-refractivity contribution is 5.98. The smallest absolute Gasteiger partial charge is 0.251 e. The van der Waals surface area contributed by atoms with Crippen LogP contribution < -0.4 is 10.6 Å². The molecule has 1 fully saturated rings. The molecule has 0 spiro atoms. The number of ketones is 1. The van der Waals surface area contributed by atoms with E-state index in [0.29, 0.717) is 29.5 Å². The van der Waals surface area contributed by atoms with Crippen LogP contribution in [0.1, 0.15) is 47.2 Å². The number of aliphatic hydroxyl groups is 2. The van der Waals surface area contributed by atoms with Gasteiger partial charge in [0.15, 0.2) is 11.5 Å². The molecule has 7 heteroatoms. The van der Waals surface area contributed by atoms with Gasteiger partial charge in [-0.3, -0.25) is 9.59 Å². The number of nitrogens with one attached hydrogen (secondary N) is 2. The van der Waals surface area contributed by atoms with E-state index in [-0.39, 0.29) is 0 Å². The van der Waals surface area contributed by atoms with Gasteiger partial charge in [0.2, 0.25) is 0 Å². The summed E-state index contributed by atoms with van der Waals surface area (Å²) >= 11 is 0. The number of Topliss-reactive ketones (excluding diaryl/α,β-unsaturated/α-hetero) is 1. The van der Waals surface area contributed by atoms with Crippen LogP contribution >= 0.6 is 0 Å². The first-order valence-electron chi connectivity index (χ1n) is 10.0. The number of carbonyl (C=O) groups is 2. The minimum Gasteiger partial charge on any atom is -0.451 e. The Kier molecular flexibility index (Phi) is 7.64. The van der Waals surface area contributed by atoms with Crippen LogP contribution in [0.5, 0.6) is 0 Å². The molecule has 4 N–H and O–H groups in total. The van der Waals surface area contributed by atoms with Crippen LogP contribution in [0.3, 0.4) is 0 Å². The van der Waals surface area contributed by atoms with Gasteiger partial charge in [-0.15, -0.1) is 0 Å². The van der Waals surface area contributed by atoms with E-state index in [1.54, 1.807) is 24.3 Å². The van der Waals surface area contributed by atoms with Crippen molar-refractivity contribution < 1.29 is 24.2 Å². The lowest BCUT2D eigenvalue weighted by molar-refractivity contribution is -0.125. The Morgan fingerprint density at radius 1 is 1.13 bits per heavy atom. The summed E-state index contributed by atoms with van der Waals surface area (Å²) in [5.41, 5.74) is 0.967. The molecule has 0 unspecified atom stereocenters. The van der Waals surface area contributed by atoms with Gasteiger partial charge >= 0.3 is 0 Å². The van der Waals surface area contributed by atoms with Gasteiger partial charge in [-0.2, -0.15) is 0 Å². The van der Waals surface area contributed by atoms with Crippen LogP contribution in [0.2, 0.25) is 0 Å². The lowest BCUT2D eigenvalue weighted by Gasteiger charge is -2.19. The summed E-state index contributed by atoms with van der Waals surface area (Å²) in [6.45, 7) is 1.30. The van der Waals surface area contributed by atoms with Crippen LogP contribution in [0.15, 0.2) is 40.8 Å². The van der Waals surface area contributed by atoms with Crippen molar-refractivity contribution in [2.75, 3.05) is 6.61 Å². The van der Waals surface area contributed by atoms with Crippen molar-refractivity contribution in [2.45, 2.75) is 44.5 Å². The van der Waals surface area contributed by atoms with Gasteiger partial charge in [-0.1, -0.05) is 5.92 Å². The number of benzene rings is 1. The minimum absolute atomic E-state index is 0.302. The van der Waals surface area contributed by atoms with Crippen molar-refractivity contribution in [3.63, 3.8) is 0 Å². The number of amides is 1. The summed E-state index contributed by atoms with van der Waals surface area (Å²) < 4.78 is 5.62. The van der Waals surface area contributed by atoms with Gasteiger partial charge in [-0.05, 0) is 73.9 Å². The molecule has 2 atom stereocenters. The highest BCUT2D eigenvalue weighted by Gasteiger charge is 2.25. The zero-order valence-corrected chi connectivity index (χ0v) is 17.1. The SMILES string of the molecule is C[C@H](O)[C@H](NC(=O)c1ccc(C#CC#Cc2ccc(CNC3CC3)o2)cc1)C(=O)CO. The molecule has 2 aromatic rings.